The zero-order chi connectivity index (χ0) is 15.8. The molecule has 118 valence electrons. The van der Waals surface area contributed by atoms with Gasteiger partial charge in [0.25, 0.3) is 0 Å². The highest BCUT2D eigenvalue weighted by Crippen LogP contribution is 2.17. The van der Waals surface area contributed by atoms with Crippen molar-refractivity contribution in [2.45, 2.75) is 32.7 Å². The van der Waals surface area contributed by atoms with Crippen LogP contribution in [0.4, 0.5) is 0 Å². The van der Waals surface area contributed by atoms with E-state index < -0.39 is 0 Å². The number of hydrogen-bond acceptors (Lipinski definition) is 3. The van der Waals surface area contributed by atoms with E-state index in [2.05, 4.69) is 24.3 Å². The second kappa shape index (κ2) is 8.44. The van der Waals surface area contributed by atoms with Gasteiger partial charge in [-0.25, -0.2) is 0 Å². The topological polar surface area (TPSA) is 44.5 Å². The summed E-state index contributed by atoms with van der Waals surface area (Å²) in [6.45, 7) is 5.35. The monoisotopic (exact) mass is 299 g/mol. The van der Waals surface area contributed by atoms with Crippen molar-refractivity contribution in [2.24, 2.45) is 5.73 Å². The molecule has 0 aromatic heterocycles. The fourth-order valence-corrected chi connectivity index (χ4v) is 2.50. The lowest BCUT2D eigenvalue weighted by Gasteiger charge is -2.13. The van der Waals surface area contributed by atoms with Crippen molar-refractivity contribution in [1.82, 2.24) is 0 Å². The van der Waals surface area contributed by atoms with Crippen LogP contribution in [-0.4, -0.2) is 19.3 Å². The van der Waals surface area contributed by atoms with E-state index in [4.69, 9.17) is 15.2 Å². The van der Waals surface area contributed by atoms with Gasteiger partial charge in [0, 0.05) is 6.04 Å². The van der Waals surface area contributed by atoms with Crippen molar-refractivity contribution in [3.63, 3.8) is 0 Å². The quantitative estimate of drug-likeness (QED) is 0.810. The molecule has 0 bridgehead atoms. The van der Waals surface area contributed by atoms with Gasteiger partial charge < -0.3 is 15.2 Å². The minimum Gasteiger partial charge on any atom is -0.494 e. The molecule has 0 spiro atoms. The summed E-state index contributed by atoms with van der Waals surface area (Å²) >= 11 is 0. The van der Waals surface area contributed by atoms with E-state index in [0.717, 1.165) is 24.3 Å². The van der Waals surface area contributed by atoms with E-state index >= 15 is 0 Å². The molecule has 2 rings (SSSR count). The number of ether oxygens (including phenoxy) is 2. The Kier molecular flexibility index (Phi) is 6.28. The van der Waals surface area contributed by atoms with Gasteiger partial charge in [-0.05, 0) is 62.1 Å². The van der Waals surface area contributed by atoms with Crippen molar-refractivity contribution >= 4 is 0 Å². The Hall–Kier alpha value is -2.00. The van der Waals surface area contributed by atoms with Crippen molar-refractivity contribution in [2.75, 3.05) is 13.2 Å². The molecule has 0 aliphatic rings. The van der Waals surface area contributed by atoms with Gasteiger partial charge in [0.1, 0.15) is 11.5 Å². The fraction of sp³-hybridized carbons (Fsp3) is 0.368. The highest BCUT2D eigenvalue weighted by molar-refractivity contribution is 5.30. The van der Waals surface area contributed by atoms with Gasteiger partial charge in [-0.3, -0.25) is 0 Å². The summed E-state index contributed by atoms with van der Waals surface area (Å²) in [7, 11) is 0. The maximum absolute atomic E-state index is 6.29. The highest BCUT2D eigenvalue weighted by atomic mass is 16.5. The first-order valence-electron chi connectivity index (χ1n) is 7.90. The summed E-state index contributed by atoms with van der Waals surface area (Å²) in [5, 5.41) is 0. The van der Waals surface area contributed by atoms with Gasteiger partial charge >= 0.3 is 0 Å². The summed E-state index contributed by atoms with van der Waals surface area (Å²) in [5.74, 6) is 1.82. The minimum atomic E-state index is 0.0924. The summed E-state index contributed by atoms with van der Waals surface area (Å²) in [5.41, 5.74) is 8.73. The van der Waals surface area contributed by atoms with Crippen LogP contribution in [0.15, 0.2) is 48.5 Å². The average Bonchev–Trinajstić information content (AvgIpc) is 2.50. The third-order valence-electron chi connectivity index (χ3n) is 3.44. The fourth-order valence-electron chi connectivity index (χ4n) is 2.50. The van der Waals surface area contributed by atoms with Crippen LogP contribution in [-0.2, 0) is 12.8 Å². The van der Waals surface area contributed by atoms with Crippen LogP contribution >= 0.6 is 0 Å². The van der Waals surface area contributed by atoms with Crippen LogP contribution in [0, 0.1) is 0 Å². The van der Waals surface area contributed by atoms with E-state index in [1.165, 1.54) is 11.1 Å². The molecule has 0 saturated heterocycles. The largest absolute Gasteiger partial charge is 0.494 e. The number of benzene rings is 2. The Bertz CT molecular complexity index is 566. The number of rotatable bonds is 8. The molecule has 0 radical (unpaired) electrons. The lowest BCUT2D eigenvalue weighted by atomic mass is 9.99. The van der Waals surface area contributed by atoms with Crippen LogP contribution in [0.5, 0.6) is 11.5 Å². The molecular formula is C19H25NO2. The maximum Gasteiger partial charge on any atom is 0.119 e. The second-order valence-electron chi connectivity index (χ2n) is 5.33. The molecule has 0 amide bonds. The highest BCUT2D eigenvalue weighted by Gasteiger charge is 2.07. The molecule has 22 heavy (non-hydrogen) atoms. The zero-order valence-electron chi connectivity index (χ0n) is 13.4. The summed E-state index contributed by atoms with van der Waals surface area (Å²) in [6, 6.07) is 16.4. The Morgan fingerprint density at radius 3 is 2.14 bits per heavy atom. The normalized spacial score (nSPS) is 12.0. The van der Waals surface area contributed by atoms with Gasteiger partial charge in [-0.15, -0.1) is 0 Å². The summed E-state index contributed by atoms with van der Waals surface area (Å²) in [4.78, 5) is 0. The van der Waals surface area contributed by atoms with E-state index in [-0.39, 0.29) is 6.04 Å². The van der Waals surface area contributed by atoms with Crippen molar-refractivity contribution in [1.29, 1.82) is 0 Å². The molecule has 0 fully saturated rings. The number of nitrogens with two attached hydrogens (primary N) is 1. The van der Waals surface area contributed by atoms with E-state index in [1.54, 1.807) is 0 Å². The van der Waals surface area contributed by atoms with Crippen LogP contribution in [0.1, 0.15) is 25.0 Å². The third-order valence-corrected chi connectivity index (χ3v) is 3.44. The van der Waals surface area contributed by atoms with Crippen molar-refractivity contribution in [3.05, 3.63) is 59.7 Å². The smallest absolute Gasteiger partial charge is 0.119 e. The van der Waals surface area contributed by atoms with E-state index in [0.29, 0.717) is 13.2 Å². The predicted octanol–water partition coefficient (Wildman–Crippen LogP) is 3.60. The average molecular weight is 299 g/mol. The Labute approximate surface area is 133 Å². The minimum absolute atomic E-state index is 0.0924. The SMILES string of the molecule is CCOc1ccc(CC(N)Cc2cccc(OCC)c2)cc1. The first-order chi connectivity index (χ1) is 10.7. The molecule has 0 heterocycles. The lowest BCUT2D eigenvalue weighted by Crippen LogP contribution is -2.25. The molecule has 0 aliphatic carbocycles. The van der Waals surface area contributed by atoms with E-state index in [9.17, 15) is 0 Å². The van der Waals surface area contributed by atoms with Gasteiger partial charge in [0.15, 0.2) is 0 Å². The van der Waals surface area contributed by atoms with Crippen molar-refractivity contribution in [3.8, 4) is 11.5 Å². The molecule has 0 saturated carbocycles. The molecule has 3 heteroatoms. The molecule has 1 unspecified atom stereocenters. The third kappa shape index (κ3) is 5.08. The van der Waals surface area contributed by atoms with Gasteiger partial charge in [-0.2, -0.15) is 0 Å². The standard InChI is InChI=1S/C19H25NO2/c1-3-21-18-10-8-15(9-11-18)12-17(20)13-16-6-5-7-19(14-16)22-4-2/h5-11,14,17H,3-4,12-13,20H2,1-2H3. The molecule has 0 aliphatic heterocycles. The van der Waals surface area contributed by atoms with Gasteiger partial charge in [0.05, 0.1) is 13.2 Å². The van der Waals surface area contributed by atoms with Gasteiger partial charge in [0.2, 0.25) is 0 Å². The lowest BCUT2D eigenvalue weighted by molar-refractivity contribution is 0.339. The summed E-state index contributed by atoms with van der Waals surface area (Å²) in [6.07, 6.45) is 1.69. The molecular weight excluding hydrogens is 274 g/mol. The van der Waals surface area contributed by atoms with E-state index in [1.807, 2.05) is 38.1 Å². The summed E-state index contributed by atoms with van der Waals surface area (Å²) < 4.78 is 11.0. The number of hydrogen-bond donors (Lipinski definition) is 1. The zero-order valence-corrected chi connectivity index (χ0v) is 13.4. The molecule has 2 aromatic rings. The van der Waals surface area contributed by atoms with Crippen LogP contribution in [0.3, 0.4) is 0 Å². The first-order valence-corrected chi connectivity index (χ1v) is 7.90. The molecule has 3 nitrogen and oxygen atoms in total. The van der Waals surface area contributed by atoms with Crippen LogP contribution in [0.2, 0.25) is 0 Å². The van der Waals surface area contributed by atoms with Gasteiger partial charge in [-0.1, -0.05) is 24.3 Å². The Balaban J connectivity index is 1.91. The van der Waals surface area contributed by atoms with Crippen LogP contribution in [0.25, 0.3) is 0 Å². The first kappa shape index (κ1) is 16.4. The second-order valence-corrected chi connectivity index (χ2v) is 5.33. The predicted molar refractivity (Wildman–Crippen MR) is 90.6 cm³/mol. The maximum atomic E-state index is 6.29. The van der Waals surface area contributed by atoms with Crippen molar-refractivity contribution < 1.29 is 9.47 Å². The Morgan fingerprint density at radius 2 is 1.45 bits per heavy atom. The molecule has 2 aromatic carbocycles. The van der Waals surface area contributed by atoms with Crippen LogP contribution < -0.4 is 15.2 Å². The molecule has 1 atom stereocenters. The Morgan fingerprint density at radius 1 is 0.818 bits per heavy atom. The molecule has 2 N–H and O–H groups in total.